The Morgan fingerprint density at radius 2 is 1.75 bits per heavy atom. The van der Waals surface area contributed by atoms with Gasteiger partial charge in [-0.1, -0.05) is 39.0 Å². The van der Waals surface area contributed by atoms with E-state index in [2.05, 4.69) is 31.0 Å². The van der Waals surface area contributed by atoms with Crippen LogP contribution in [-0.2, 0) is 0 Å². The molecule has 0 amide bonds. The topological polar surface area (TPSA) is 15.3 Å². The zero-order valence-electron chi connectivity index (χ0n) is 11.5. The predicted molar refractivity (Wildman–Crippen MR) is 71.9 cm³/mol. The van der Waals surface area contributed by atoms with Crippen molar-refractivity contribution in [3.63, 3.8) is 0 Å². The van der Waals surface area contributed by atoms with E-state index in [-0.39, 0.29) is 0 Å². The van der Waals surface area contributed by atoms with Crippen LogP contribution in [0.4, 0.5) is 0 Å². The highest BCUT2D eigenvalue weighted by molar-refractivity contribution is 4.80. The van der Waals surface area contributed by atoms with Gasteiger partial charge in [-0.05, 0) is 26.8 Å². The molecule has 1 aliphatic rings. The van der Waals surface area contributed by atoms with Crippen molar-refractivity contribution in [2.75, 3.05) is 19.6 Å². The number of unbranched alkanes of at least 4 members (excludes halogenated alkanes) is 5. The SMILES string of the molecule is CCCCCCCCN1CC(C)NCC1C. The Morgan fingerprint density at radius 3 is 2.50 bits per heavy atom. The first-order chi connectivity index (χ1) is 7.74. The molecule has 0 spiro atoms. The highest BCUT2D eigenvalue weighted by atomic mass is 15.2. The average Bonchev–Trinajstić information content (AvgIpc) is 2.28. The van der Waals surface area contributed by atoms with Crippen LogP contribution in [0.5, 0.6) is 0 Å². The van der Waals surface area contributed by atoms with Crippen LogP contribution in [0, 0.1) is 0 Å². The molecule has 2 heteroatoms. The van der Waals surface area contributed by atoms with Crippen molar-refractivity contribution in [1.29, 1.82) is 0 Å². The number of piperazine rings is 1. The monoisotopic (exact) mass is 226 g/mol. The Kier molecular flexibility index (Phi) is 7.06. The smallest absolute Gasteiger partial charge is 0.0193 e. The lowest BCUT2D eigenvalue weighted by Crippen LogP contribution is -2.54. The molecule has 1 rings (SSSR count). The fourth-order valence-corrected chi connectivity index (χ4v) is 2.50. The van der Waals surface area contributed by atoms with Gasteiger partial charge >= 0.3 is 0 Å². The van der Waals surface area contributed by atoms with Gasteiger partial charge in [0.15, 0.2) is 0 Å². The van der Waals surface area contributed by atoms with Crippen molar-refractivity contribution in [3.05, 3.63) is 0 Å². The summed E-state index contributed by atoms with van der Waals surface area (Å²) in [5.41, 5.74) is 0. The van der Waals surface area contributed by atoms with Crippen LogP contribution in [0.2, 0.25) is 0 Å². The molecule has 16 heavy (non-hydrogen) atoms. The summed E-state index contributed by atoms with van der Waals surface area (Å²) in [6.45, 7) is 10.6. The van der Waals surface area contributed by atoms with Gasteiger partial charge in [0.1, 0.15) is 0 Å². The van der Waals surface area contributed by atoms with Gasteiger partial charge in [0.2, 0.25) is 0 Å². The molecule has 0 aromatic heterocycles. The minimum Gasteiger partial charge on any atom is -0.311 e. The Hall–Kier alpha value is -0.0800. The van der Waals surface area contributed by atoms with Crippen LogP contribution in [0.3, 0.4) is 0 Å². The van der Waals surface area contributed by atoms with Crippen LogP contribution < -0.4 is 5.32 Å². The van der Waals surface area contributed by atoms with Crippen LogP contribution in [0.1, 0.15) is 59.3 Å². The Labute approximate surface area is 102 Å². The summed E-state index contributed by atoms with van der Waals surface area (Å²) in [5, 5.41) is 3.54. The standard InChI is InChI=1S/C14H30N2/c1-4-5-6-7-8-9-10-16-12-13(2)15-11-14(16)3/h13-15H,4-12H2,1-3H3. The van der Waals surface area contributed by atoms with Crippen molar-refractivity contribution in [2.45, 2.75) is 71.4 Å². The number of hydrogen-bond donors (Lipinski definition) is 1. The maximum atomic E-state index is 3.54. The van der Waals surface area contributed by atoms with Crippen LogP contribution >= 0.6 is 0 Å². The van der Waals surface area contributed by atoms with Crippen molar-refractivity contribution >= 4 is 0 Å². The number of nitrogens with zero attached hydrogens (tertiary/aromatic N) is 1. The zero-order valence-corrected chi connectivity index (χ0v) is 11.5. The average molecular weight is 226 g/mol. The predicted octanol–water partition coefficient (Wildman–Crippen LogP) is 3.03. The lowest BCUT2D eigenvalue weighted by molar-refractivity contribution is 0.144. The third-order valence-electron chi connectivity index (χ3n) is 3.69. The second-order valence-corrected chi connectivity index (χ2v) is 5.42. The van der Waals surface area contributed by atoms with Gasteiger partial charge < -0.3 is 5.32 Å². The van der Waals surface area contributed by atoms with E-state index in [1.54, 1.807) is 0 Å². The molecule has 1 heterocycles. The summed E-state index contributed by atoms with van der Waals surface area (Å²) in [7, 11) is 0. The van der Waals surface area contributed by atoms with Crippen molar-refractivity contribution < 1.29 is 0 Å². The molecule has 0 aromatic carbocycles. The zero-order chi connectivity index (χ0) is 11.8. The van der Waals surface area contributed by atoms with Crippen LogP contribution in [-0.4, -0.2) is 36.6 Å². The maximum Gasteiger partial charge on any atom is 0.0193 e. The molecule has 0 saturated carbocycles. The first-order valence-corrected chi connectivity index (χ1v) is 7.21. The summed E-state index contributed by atoms with van der Waals surface area (Å²) >= 11 is 0. The third kappa shape index (κ3) is 5.31. The molecule has 2 nitrogen and oxygen atoms in total. The Bertz CT molecular complexity index is 170. The van der Waals surface area contributed by atoms with Crippen molar-refractivity contribution in [2.24, 2.45) is 0 Å². The second kappa shape index (κ2) is 8.08. The molecule has 1 N–H and O–H groups in total. The summed E-state index contributed by atoms with van der Waals surface area (Å²) < 4.78 is 0. The minimum atomic E-state index is 0.677. The van der Waals surface area contributed by atoms with Gasteiger partial charge in [0.05, 0.1) is 0 Å². The molecule has 0 bridgehead atoms. The first-order valence-electron chi connectivity index (χ1n) is 7.21. The van der Waals surface area contributed by atoms with E-state index in [0.717, 1.165) is 12.6 Å². The highest BCUT2D eigenvalue weighted by Crippen LogP contribution is 2.10. The highest BCUT2D eigenvalue weighted by Gasteiger charge is 2.21. The summed E-state index contributed by atoms with van der Waals surface area (Å²) in [5.74, 6) is 0. The largest absolute Gasteiger partial charge is 0.311 e. The molecule has 1 aliphatic heterocycles. The second-order valence-electron chi connectivity index (χ2n) is 5.42. The van der Waals surface area contributed by atoms with E-state index in [4.69, 9.17) is 0 Å². The fourth-order valence-electron chi connectivity index (χ4n) is 2.50. The maximum absolute atomic E-state index is 3.54. The summed E-state index contributed by atoms with van der Waals surface area (Å²) in [6.07, 6.45) is 8.45. The molecular formula is C14H30N2. The number of rotatable bonds is 7. The van der Waals surface area contributed by atoms with Crippen LogP contribution in [0.15, 0.2) is 0 Å². The molecule has 1 fully saturated rings. The van der Waals surface area contributed by atoms with Gasteiger partial charge in [-0.2, -0.15) is 0 Å². The fraction of sp³-hybridized carbons (Fsp3) is 1.00. The van der Waals surface area contributed by atoms with E-state index in [1.165, 1.54) is 51.6 Å². The third-order valence-corrected chi connectivity index (χ3v) is 3.69. The van der Waals surface area contributed by atoms with Crippen LogP contribution in [0.25, 0.3) is 0 Å². The molecule has 1 saturated heterocycles. The minimum absolute atomic E-state index is 0.677. The Balaban J connectivity index is 2.02. The molecule has 2 atom stereocenters. The van der Waals surface area contributed by atoms with Gasteiger partial charge in [-0.25, -0.2) is 0 Å². The normalized spacial score (nSPS) is 27.2. The molecule has 0 radical (unpaired) electrons. The van der Waals surface area contributed by atoms with E-state index in [9.17, 15) is 0 Å². The van der Waals surface area contributed by atoms with Gasteiger partial charge in [-0.3, -0.25) is 4.90 Å². The Morgan fingerprint density at radius 1 is 1.06 bits per heavy atom. The van der Waals surface area contributed by atoms with Crippen molar-refractivity contribution in [1.82, 2.24) is 10.2 Å². The summed E-state index contributed by atoms with van der Waals surface area (Å²) in [4.78, 5) is 2.65. The molecular weight excluding hydrogens is 196 g/mol. The number of hydrogen-bond acceptors (Lipinski definition) is 2. The van der Waals surface area contributed by atoms with E-state index in [1.807, 2.05) is 0 Å². The van der Waals surface area contributed by atoms with Gasteiger partial charge in [0, 0.05) is 25.2 Å². The van der Waals surface area contributed by atoms with Crippen molar-refractivity contribution in [3.8, 4) is 0 Å². The molecule has 96 valence electrons. The van der Waals surface area contributed by atoms with E-state index < -0.39 is 0 Å². The first kappa shape index (κ1) is 14.0. The quantitative estimate of drug-likeness (QED) is 0.671. The lowest BCUT2D eigenvalue weighted by atomic mass is 10.1. The number of nitrogens with one attached hydrogen (secondary N) is 1. The van der Waals surface area contributed by atoms with Gasteiger partial charge in [-0.15, -0.1) is 0 Å². The molecule has 2 unspecified atom stereocenters. The molecule has 0 aromatic rings. The van der Waals surface area contributed by atoms with Gasteiger partial charge in [0.25, 0.3) is 0 Å². The lowest BCUT2D eigenvalue weighted by Gasteiger charge is -2.37. The summed E-state index contributed by atoms with van der Waals surface area (Å²) in [6, 6.07) is 1.41. The van der Waals surface area contributed by atoms with E-state index >= 15 is 0 Å². The molecule has 0 aliphatic carbocycles. The van der Waals surface area contributed by atoms with E-state index in [0.29, 0.717) is 6.04 Å².